The lowest BCUT2D eigenvalue weighted by molar-refractivity contribution is 0.0598. The van der Waals surface area contributed by atoms with Gasteiger partial charge in [0.1, 0.15) is 6.61 Å². The van der Waals surface area contributed by atoms with Crippen LogP contribution < -0.4 is 5.32 Å². The van der Waals surface area contributed by atoms with Crippen LogP contribution in [0.2, 0.25) is 0 Å². The van der Waals surface area contributed by atoms with Crippen LogP contribution in [-0.2, 0) is 9.47 Å². The van der Waals surface area contributed by atoms with Gasteiger partial charge in [0.05, 0.1) is 6.61 Å². The molecule has 1 N–H and O–H groups in total. The lowest BCUT2D eigenvalue weighted by Gasteiger charge is -2.06. The Morgan fingerprint density at radius 2 is 1.26 bits per heavy atom. The fourth-order valence-corrected chi connectivity index (χ4v) is 2.99. The second kappa shape index (κ2) is 23.0. The molecule has 0 spiro atoms. The minimum absolute atomic E-state index is 0.363. The van der Waals surface area contributed by atoms with Crippen molar-refractivity contribution in [2.75, 3.05) is 26.3 Å². The van der Waals surface area contributed by atoms with Crippen LogP contribution in [0.25, 0.3) is 0 Å². The number of unbranched alkanes of at least 4 members (excludes halogenated alkanes) is 12. The monoisotopic (exact) mass is 383 g/mol. The van der Waals surface area contributed by atoms with Crippen molar-refractivity contribution < 1.29 is 14.3 Å². The van der Waals surface area contributed by atoms with Gasteiger partial charge in [0.25, 0.3) is 0 Å². The Labute approximate surface area is 168 Å². The van der Waals surface area contributed by atoms with E-state index in [0.717, 1.165) is 6.54 Å². The smallest absolute Gasteiger partial charge is 0.435 e. The van der Waals surface area contributed by atoms with Gasteiger partial charge in [0, 0.05) is 6.54 Å². The van der Waals surface area contributed by atoms with Crippen LogP contribution in [0.3, 0.4) is 0 Å². The highest BCUT2D eigenvalue weighted by Gasteiger charge is 2.00. The van der Waals surface area contributed by atoms with Gasteiger partial charge < -0.3 is 14.8 Å². The topological polar surface area (TPSA) is 47.6 Å². The molecule has 0 unspecified atom stereocenters. The molecule has 0 saturated carbocycles. The van der Waals surface area contributed by atoms with E-state index in [1.807, 2.05) is 0 Å². The fraction of sp³-hybridized carbons (Fsp3) is 0.870. The van der Waals surface area contributed by atoms with Crippen LogP contribution in [-0.4, -0.2) is 32.5 Å². The lowest BCUT2D eigenvalue weighted by atomic mass is 10.1. The number of hydrogen-bond acceptors (Lipinski definition) is 4. The summed E-state index contributed by atoms with van der Waals surface area (Å²) >= 11 is 0. The quantitative estimate of drug-likeness (QED) is 0.143. The van der Waals surface area contributed by atoms with E-state index in [1.54, 1.807) is 6.92 Å². The van der Waals surface area contributed by atoms with E-state index in [-0.39, 0.29) is 0 Å². The zero-order valence-corrected chi connectivity index (χ0v) is 18.1. The minimum atomic E-state index is -0.573. The first kappa shape index (κ1) is 26.0. The summed E-state index contributed by atoms with van der Waals surface area (Å²) in [5.41, 5.74) is 0. The molecular formula is C23H45NO3. The largest absolute Gasteiger partial charge is 0.508 e. The average Bonchev–Trinajstić information content (AvgIpc) is 2.66. The summed E-state index contributed by atoms with van der Waals surface area (Å²) in [4.78, 5) is 11.0. The Hall–Kier alpha value is -1.03. The molecule has 0 fully saturated rings. The van der Waals surface area contributed by atoms with Gasteiger partial charge in [-0.3, -0.25) is 0 Å². The summed E-state index contributed by atoms with van der Waals surface area (Å²) < 4.78 is 9.58. The van der Waals surface area contributed by atoms with Crippen molar-refractivity contribution in [2.24, 2.45) is 0 Å². The highest BCUT2D eigenvalue weighted by molar-refractivity contribution is 5.59. The predicted octanol–water partition coefficient (Wildman–Crippen LogP) is 6.79. The Kier molecular flexibility index (Phi) is 22.1. The number of carbonyl (C=O) groups is 1. The zero-order chi connectivity index (χ0) is 19.8. The SMILES string of the molecule is CCCCCCCC/C=C\CCCCCCCCNCCOC(=O)OCC. The van der Waals surface area contributed by atoms with Crippen LogP contribution in [0.4, 0.5) is 4.79 Å². The number of ether oxygens (including phenoxy) is 2. The number of nitrogens with one attached hydrogen (secondary N) is 1. The normalized spacial score (nSPS) is 11.2. The van der Waals surface area contributed by atoms with Crippen LogP contribution in [0.1, 0.15) is 104 Å². The first-order chi connectivity index (χ1) is 13.3. The van der Waals surface area contributed by atoms with Crippen LogP contribution in [0.5, 0.6) is 0 Å². The molecule has 27 heavy (non-hydrogen) atoms. The summed E-state index contributed by atoms with van der Waals surface area (Å²) in [5, 5.41) is 3.29. The van der Waals surface area contributed by atoms with Crippen molar-refractivity contribution in [3.05, 3.63) is 12.2 Å². The number of rotatable bonds is 20. The molecule has 0 aromatic carbocycles. The molecule has 0 amide bonds. The van der Waals surface area contributed by atoms with Crippen LogP contribution >= 0.6 is 0 Å². The van der Waals surface area contributed by atoms with E-state index in [4.69, 9.17) is 4.74 Å². The van der Waals surface area contributed by atoms with Gasteiger partial charge in [-0.25, -0.2) is 4.79 Å². The van der Waals surface area contributed by atoms with Gasteiger partial charge in [-0.2, -0.15) is 0 Å². The molecular weight excluding hydrogens is 338 g/mol. The lowest BCUT2D eigenvalue weighted by Crippen LogP contribution is -2.22. The van der Waals surface area contributed by atoms with Crippen molar-refractivity contribution >= 4 is 6.16 Å². The molecule has 160 valence electrons. The Balaban J connectivity index is 3.10. The standard InChI is InChI=1S/C23H45NO3/c1-3-5-6-7-8-9-10-11-12-13-14-15-16-17-18-19-20-24-21-22-27-23(25)26-4-2/h11-12,24H,3-10,13-22H2,1-2H3/b12-11-. The zero-order valence-electron chi connectivity index (χ0n) is 18.1. The van der Waals surface area contributed by atoms with E-state index in [2.05, 4.69) is 29.1 Å². The summed E-state index contributed by atoms with van der Waals surface area (Å²) in [6.07, 6.45) is 22.9. The Morgan fingerprint density at radius 1 is 0.704 bits per heavy atom. The third kappa shape index (κ3) is 22.9. The molecule has 0 saturated heterocycles. The van der Waals surface area contributed by atoms with Crippen molar-refractivity contribution in [3.8, 4) is 0 Å². The fourth-order valence-electron chi connectivity index (χ4n) is 2.99. The van der Waals surface area contributed by atoms with Crippen molar-refractivity contribution in [3.63, 3.8) is 0 Å². The molecule has 0 atom stereocenters. The van der Waals surface area contributed by atoms with E-state index in [9.17, 15) is 4.79 Å². The maximum Gasteiger partial charge on any atom is 0.508 e. The van der Waals surface area contributed by atoms with E-state index in [0.29, 0.717) is 19.8 Å². The second-order valence-corrected chi connectivity index (χ2v) is 7.22. The Morgan fingerprint density at radius 3 is 1.85 bits per heavy atom. The van der Waals surface area contributed by atoms with Crippen molar-refractivity contribution in [1.82, 2.24) is 5.32 Å². The molecule has 0 heterocycles. The third-order valence-electron chi connectivity index (χ3n) is 4.63. The number of allylic oxidation sites excluding steroid dienone is 2. The maximum absolute atomic E-state index is 11.0. The molecule has 0 rings (SSSR count). The van der Waals surface area contributed by atoms with Crippen molar-refractivity contribution in [1.29, 1.82) is 0 Å². The molecule has 0 bridgehead atoms. The molecule has 4 nitrogen and oxygen atoms in total. The van der Waals surface area contributed by atoms with Gasteiger partial charge in [0.2, 0.25) is 0 Å². The summed E-state index contributed by atoms with van der Waals surface area (Å²) in [6, 6.07) is 0. The second-order valence-electron chi connectivity index (χ2n) is 7.22. The third-order valence-corrected chi connectivity index (χ3v) is 4.63. The van der Waals surface area contributed by atoms with E-state index < -0.39 is 6.16 Å². The van der Waals surface area contributed by atoms with E-state index >= 15 is 0 Å². The summed E-state index contributed by atoms with van der Waals surface area (Å²) in [6.45, 7) is 6.48. The molecule has 0 aromatic rings. The molecule has 4 heteroatoms. The first-order valence-corrected chi connectivity index (χ1v) is 11.5. The molecule has 0 aliphatic rings. The molecule has 0 radical (unpaired) electrons. The van der Waals surface area contributed by atoms with Crippen molar-refractivity contribution in [2.45, 2.75) is 104 Å². The van der Waals surface area contributed by atoms with Crippen LogP contribution in [0.15, 0.2) is 12.2 Å². The predicted molar refractivity (Wildman–Crippen MR) is 115 cm³/mol. The van der Waals surface area contributed by atoms with Crippen LogP contribution in [0, 0.1) is 0 Å². The maximum atomic E-state index is 11.0. The summed E-state index contributed by atoms with van der Waals surface area (Å²) in [7, 11) is 0. The Bertz CT molecular complexity index is 332. The highest BCUT2D eigenvalue weighted by Crippen LogP contribution is 2.09. The van der Waals surface area contributed by atoms with Gasteiger partial charge in [0.15, 0.2) is 0 Å². The number of carbonyl (C=O) groups excluding carboxylic acids is 1. The van der Waals surface area contributed by atoms with Gasteiger partial charge in [-0.05, 0) is 45.6 Å². The molecule has 0 aliphatic carbocycles. The van der Waals surface area contributed by atoms with Gasteiger partial charge in [-0.1, -0.05) is 76.9 Å². The average molecular weight is 384 g/mol. The summed E-state index contributed by atoms with van der Waals surface area (Å²) in [5.74, 6) is 0. The van der Waals surface area contributed by atoms with Gasteiger partial charge >= 0.3 is 6.16 Å². The minimum Gasteiger partial charge on any atom is -0.435 e. The molecule has 0 aliphatic heterocycles. The van der Waals surface area contributed by atoms with Gasteiger partial charge in [-0.15, -0.1) is 0 Å². The number of hydrogen-bond donors (Lipinski definition) is 1. The first-order valence-electron chi connectivity index (χ1n) is 11.5. The van der Waals surface area contributed by atoms with E-state index in [1.165, 1.54) is 89.9 Å². The highest BCUT2D eigenvalue weighted by atomic mass is 16.7. The molecule has 0 aromatic heterocycles.